The standard InChI is InChI=1S/C22H32F2N4O3/c1-25(2)22(30)27-9-6-18(15-27)28(17-7-12-31-13-8-17)11-10-26(3)21(29)16-4-5-19(23)20(24)14-16/h4-5,14,17-18H,6-13,15H2,1-3H3. The number of carbonyl (C=O) groups excluding carboxylic acids is 2. The lowest BCUT2D eigenvalue weighted by Gasteiger charge is -2.39. The molecule has 0 saturated carbocycles. The lowest BCUT2D eigenvalue weighted by molar-refractivity contribution is 0.0151. The first-order valence-corrected chi connectivity index (χ1v) is 10.8. The van der Waals surface area contributed by atoms with Gasteiger partial charge in [-0.1, -0.05) is 0 Å². The highest BCUT2D eigenvalue weighted by atomic mass is 19.2. The molecule has 1 aromatic carbocycles. The summed E-state index contributed by atoms with van der Waals surface area (Å²) in [5.41, 5.74) is 0.127. The Morgan fingerprint density at radius 2 is 1.74 bits per heavy atom. The van der Waals surface area contributed by atoms with E-state index in [2.05, 4.69) is 4.90 Å². The number of ether oxygens (including phenoxy) is 1. The predicted octanol–water partition coefficient (Wildman–Crippen LogP) is 2.27. The van der Waals surface area contributed by atoms with Gasteiger partial charge in [-0.3, -0.25) is 9.69 Å². The van der Waals surface area contributed by atoms with Crippen molar-refractivity contribution < 1.29 is 23.1 Å². The minimum Gasteiger partial charge on any atom is -0.381 e. The Morgan fingerprint density at radius 3 is 2.39 bits per heavy atom. The highest BCUT2D eigenvalue weighted by Gasteiger charge is 2.35. The quantitative estimate of drug-likeness (QED) is 0.684. The molecule has 2 fully saturated rings. The van der Waals surface area contributed by atoms with Gasteiger partial charge in [0.25, 0.3) is 5.91 Å². The SMILES string of the molecule is CN(C)C(=O)N1CCC(N(CCN(C)C(=O)c2ccc(F)c(F)c2)C2CCOCC2)C1. The molecule has 7 nitrogen and oxygen atoms in total. The summed E-state index contributed by atoms with van der Waals surface area (Å²) in [6, 6.07) is 3.78. The van der Waals surface area contributed by atoms with Crippen molar-refractivity contribution in [2.24, 2.45) is 0 Å². The van der Waals surface area contributed by atoms with E-state index < -0.39 is 11.6 Å². The fourth-order valence-electron chi connectivity index (χ4n) is 4.37. The van der Waals surface area contributed by atoms with Crippen LogP contribution in [0.15, 0.2) is 18.2 Å². The number of benzene rings is 1. The molecule has 31 heavy (non-hydrogen) atoms. The van der Waals surface area contributed by atoms with Crippen LogP contribution in [0.25, 0.3) is 0 Å². The van der Waals surface area contributed by atoms with Gasteiger partial charge in [-0.2, -0.15) is 0 Å². The summed E-state index contributed by atoms with van der Waals surface area (Å²) in [6.07, 6.45) is 2.72. The van der Waals surface area contributed by atoms with Gasteiger partial charge >= 0.3 is 6.03 Å². The molecule has 172 valence electrons. The van der Waals surface area contributed by atoms with Crippen LogP contribution in [0.5, 0.6) is 0 Å². The van der Waals surface area contributed by atoms with Gasteiger partial charge in [0.15, 0.2) is 11.6 Å². The number of halogens is 2. The maximum atomic E-state index is 13.5. The smallest absolute Gasteiger partial charge is 0.319 e. The number of rotatable bonds is 6. The van der Waals surface area contributed by atoms with Crippen LogP contribution in [0.4, 0.5) is 13.6 Å². The van der Waals surface area contributed by atoms with E-state index in [1.165, 1.54) is 11.0 Å². The molecule has 2 heterocycles. The Morgan fingerprint density at radius 1 is 1.03 bits per heavy atom. The number of nitrogens with zero attached hydrogens (tertiary/aromatic N) is 4. The minimum absolute atomic E-state index is 0.0139. The summed E-state index contributed by atoms with van der Waals surface area (Å²) in [5, 5.41) is 0. The van der Waals surface area contributed by atoms with E-state index in [1.807, 2.05) is 4.90 Å². The Balaban J connectivity index is 1.65. The molecule has 2 aliphatic rings. The maximum Gasteiger partial charge on any atom is 0.319 e. The van der Waals surface area contributed by atoms with Crippen LogP contribution in [-0.4, -0.2) is 104 Å². The topological polar surface area (TPSA) is 56.3 Å². The molecule has 1 unspecified atom stereocenters. The molecule has 3 amide bonds. The lowest BCUT2D eigenvalue weighted by Crippen LogP contribution is -2.50. The van der Waals surface area contributed by atoms with Crippen molar-refractivity contribution in [3.8, 4) is 0 Å². The van der Waals surface area contributed by atoms with Crippen LogP contribution in [0.2, 0.25) is 0 Å². The molecule has 0 N–H and O–H groups in total. The summed E-state index contributed by atoms with van der Waals surface area (Å²) >= 11 is 0. The monoisotopic (exact) mass is 438 g/mol. The summed E-state index contributed by atoms with van der Waals surface area (Å²) in [6.45, 7) is 3.88. The second-order valence-corrected chi connectivity index (χ2v) is 8.50. The number of hydrogen-bond donors (Lipinski definition) is 0. The average Bonchev–Trinajstić information content (AvgIpc) is 3.25. The average molecular weight is 439 g/mol. The van der Waals surface area contributed by atoms with Crippen LogP contribution in [-0.2, 0) is 4.74 Å². The van der Waals surface area contributed by atoms with Crippen molar-refractivity contribution in [3.05, 3.63) is 35.4 Å². The lowest BCUT2D eigenvalue weighted by atomic mass is 10.0. The zero-order valence-corrected chi connectivity index (χ0v) is 18.5. The van der Waals surface area contributed by atoms with E-state index in [-0.39, 0.29) is 23.5 Å². The fraction of sp³-hybridized carbons (Fsp3) is 0.636. The first kappa shape index (κ1) is 23.4. The van der Waals surface area contributed by atoms with E-state index in [0.29, 0.717) is 45.4 Å². The summed E-state index contributed by atoms with van der Waals surface area (Å²) in [7, 11) is 5.18. The van der Waals surface area contributed by atoms with Gasteiger partial charge in [0.2, 0.25) is 0 Å². The third-order valence-electron chi connectivity index (χ3n) is 6.15. The molecule has 9 heteroatoms. The van der Waals surface area contributed by atoms with Crippen LogP contribution in [0.3, 0.4) is 0 Å². The van der Waals surface area contributed by atoms with Gasteiger partial charge in [-0.25, -0.2) is 13.6 Å². The molecular formula is C22H32F2N4O3. The number of likely N-dealkylation sites (N-methyl/N-ethyl adjacent to an activating group) is 1. The Labute approximate surface area is 182 Å². The predicted molar refractivity (Wildman–Crippen MR) is 113 cm³/mol. The number of hydrogen-bond acceptors (Lipinski definition) is 4. The molecule has 0 radical (unpaired) electrons. The normalized spacial score (nSPS) is 19.7. The van der Waals surface area contributed by atoms with Gasteiger partial charge in [-0.15, -0.1) is 0 Å². The molecule has 1 aromatic rings. The Bertz CT molecular complexity index is 786. The van der Waals surface area contributed by atoms with Gasteiger partial charge in [0.1, 0.15) is 0 Å². The van der Waals surface area contributed by atoms with Crippen molar-refractivity contribution in [2.75, 3.05) is 60.5 Å². The van der Waals surface area contributed by atoms with Crippen molar-refractivity contribution in [3.63, 3.8) is 0 Å². The second kappa shape index (κ2) is 10.4. The molecule has 0 aliphatic carbocycles. The molecule has 2 saturated heterocycles. The molecule has 1 atom stereocenters. The minimum atomic E-state index is -1.03. The molecule has 0 spiro atoms. The number of amides is 3. The molecule has 0 bridgehead atoms. The van der Waals surface area contributed by atoms with Crippen molar-refractivity contribution in [1.82, 2.24) is 19.6 Å². The summed E-state index contributed by atoms with van der Waals surface area (Å²) in [5.74, 6) is -2.34. The summed E-state index contributed by atoms with van der Waals surface area (Å²) in [4.78, 5) is 32.4. The van der Waals surface area contributed by atoms with Crippen LogP contribution < -0.4 is 0 Å². The zero-order valence-electron chi connectivity index (χ0n) is 18.5. The maximum absolute atomic E-state index is 13.5. The molecular weight excluding hydrogens is 406 g/mol. The largest absolute Gasteiger partial charge is 0.381 e. The van der Waals surface area contributed by atoms with Crippen LogP contribution >= 0.6 is 0 Å². The van der Waals surface area contributed by atoms with Gasteiger partial charge in [0, 0.05) is 78.2 Å². The van der Waals surface area contributed by atoms with E-state index in [0.717, 1.165) is 31.4 Å². The third kappa shape index (κ3) is 5.71. The van der Waals surface area contributed by atoms with Crippen LogP contribution in [0.1, 0.15) is 29.6 Å². The number of carbonyl (C=O) groups is 2. The highest BCUT2D eigenvalue weighted by molar-refractivity contribution is 5.94. The third-order valence-corrected chi connectivity index (χ3v) is 6.15. The van der Waals surface area contributed by atoms with Gasteiger partial charge in [0.05, 0.1) is 0 Å². The van der Waals surface area contributed by atoms with Crippen molar-refractivity contribution >= 4 is 11.9 Å². The van der Waals surface area contributed by atoms with Gasteiger partial charge in [-0.05, 0) is 37.5 Å². The molecule has 2 aliphatic heterocycles. The van der Waals surface area contributed by atoms with E-state index in [9.17, 15) is 18.4 Å². The van der Waals surface area contributed by atoms with Gasteiger partial charge < -0.3 is 19.4 Å². The highest BCUT2D eigenvalue weighted by Crippen LogP contribution is 2.24. The second-order valence-electron chi connectivity index (χ2n) is 8.50. The van der Waals surface area contributed by atoms with E-state index in [4.69, 9.17) is 4.74 Å². The Kier molecular flexibility index (Phi) is 7.83. The first-order valence-electron chi connectivity index (χ1n) is 10.8. The summed E-state index contributed by atoms with van der Waals surface area (Å²) < 4.78 is 32.2. The van der Waals surface area contributed by atoms with Crippen LogP contribution in [0, 0.1) is 11.6 Å². The zero-order chi connectivity index (χ0) is 22.5. The number of urea groups is 1. The van der Waals surface area contributed by atoms with E-state index in [1.54, 1.807) is 26.0 Å². The van der Waals surface area contributed by atoms with Crippen molar-refractivity contribution in [2.45, 2.75) is 31.3 Å². The first-order chi connectivity index (χ1) is 14.8. The molecule has 3 rings (SSSR count). The fourth-order valence-corrected chi connectivity index (χ4v) is 4.37. The van der Waals surface area contributed by atoms with E-state index >= 15 is 0 Å². The van der Waals surface area contributed by atoms with Crippen molar-refractivity contribution in [1.29, 1.82) is 0 Å². The number of likely N-dealkylation sites (tertiary alicyclic amines) is 1. The Hall–Kier alpha value is -2.26. The molecule has 0 aromatic heterocycles.